The largest absolute Gasteiger partial charge is 0.365 e. The van der Waals surface area contributed by atoms with E-state index in [2.05, 4.69) is 9.68 Å². The lowest BCUT2D eigenvalue weighted by molar-refractivity contribution is 0.399. The molecule has 3 nitrogen and oxygen atoms in total. The maximum absolute atomic E-state index is 12.5. The number of nitrogens with one attached hydrogen (secondary N) is 1. The van der Waals surface area contributed by atoms with Gasteiger partial charge in [-0.2, -0.15) is 0 Å². The number of rotatable bonds is 0. The van der Waals surface area contributed by atoms with Crippen LogP contribution in [0.15, 0.2) is 21.5 Å². The number of aromatic amines is 1. The Morgan fingerprint density at radius 3 is 2.67 bits per heavy atom. The van der Waals surface area contributed by atoms with Gasteiger partial charge >= 0.3 is 5.63 Å². The van der Waals surface area contributed by atoms with Gasteiger partial charge in [0.05, 0.1) is 10.9 Å². The van der Waals surface area contributed by atoms with Crippen molar-refractivity contribution in [1.29, 1.82) is 0 Å². The molecule has 0 aliphatic carbocycles. The summed E-state index contributed by atoms with van der Waals surface area (Å²) in [7, 11) is 0. The van der Waals surface area contributed by atoms with E-state index >= 15 is 0 Å². The van der Waals surface area contributed by atoms with Crippen LogP contribution in [-0.2, 0) is 0 Å². The molecule has 0 spiro atoms. The molecule has 0 fully saturated rings. The third kappa shape index (κ3) is 0.827. The zero-order valence-electron chi connectivity index (χ0n) is 5.73. The van der Waals surface area contributed by atoms with Crippen LogP contribution in [0.2, 0.25) is 0 Å². The maximum atomic E-state index is 12.5. The quantitative estimate of drug-likeness (QED) is 0.651. The topological polar surface area (TPSA) is 46.0 Å². The predicted molar refractivity (Wildman–Crippen MR) is 36.8 cm³/mol. The molecular formula is C7H3F2NO2. The van der Waals surface area contributed by atoms with E-state index in [1.54, 1.807) is 0 Å². The molecule has 1 heterocycles. The molecule has 0 aliphatic heterocycles. The van der Waals surface area contributed by atoms with Gasteiger partial charge in [-0.25, -0.2) is 18.7 Å². The molecule has 0 atom stereocenters. The van der Waals surface area contributed by atoms with Gasteiger partial charge in [-0.05, 0) is 6.07 Å². The zero-order valence-corrected chi connectivity index (χ0v) is 5.73. The molecule has 1 N–H and O–H groups in total. The van der Waals surface area contributed by atoms with E-state index in [0.29, 0.717) is 0 Å². The average molecular weight is 171 g/mol. The third-order valence-corrected chi connectivity index (χ3v) is 1.53. The van der Waals surface area contributed by atoms with Crippen LogP contribution in [0.3, 0.4) is 0 Å². The summed E-state index contributed by atoms with van der Waals surface area (Å²) in [6, 6.07) is 1.67. The molecule has 0 radical (unpaired) electrons. The molecule has 0 saturated heterocycles. The summed E-state index contributed by atoms with van der Waals surface area (Å²) in [6.45, 7) is 0. The summed E-state index contributed by atoms with van der Waals surface area (Å²) in [4.78, 5) is 10.8. The van der Waals surface area contributed by atoms with Gasteiger partial charge in [0.1, 0.15) is 0 Å². The van der Waals surface area contributed by atoms with Gasteiger partial charge in [-0.1, -0.05) is 0 Å². The van der Waals surface area contributed by atoms with Crippen LogP contribution in [0.1, 0.15) is 0 Å². The Morgan fingerprint density at radius 1 is 1.25 bits per heavy atom. The summed E-state index contributed by atoms with van der Waals surface area (Å²) in [6.07, 6.45) is 0. The number of aromatic nitrogens is 1. The van der Waals surface area contributed by atoms with Crippen LogP contribution in [-0.4, -0.2) is 5.16 Å². The van der Waals surface area contributed by atoms with Gasteiger partial charge in [0.2, 0.25) is 0 Å². The second-order valence-corrected chi connectivity index (χ2v) is 2.30. The molecular weight excluding hydrogens is 168 g/mol. The fourth-order valence-electron chi connectivity index (χ4n) is 0.956. The molecule has 0 aliphatic rings. The summed E-state index contributed by atoms with van der Waals surface area (Å²) in [5, 5.41) is 2.17. The average Bonchev–Trinajstić information content (AvgIpc) is 2.35. The van der Waals surface area contributed by atoms with Crippen molar-refractivity contribution in [3.63, 3.8) is 0 Å². The van der Waals surface area contributed by atoms with Crippen molar-refractivity contribution in [3.8, 4) is 0 Å². The molecule has 5 heteroatoms. The second-order valence-electron chi connectivity index (χ2n) is 2.30. The van der Waals surface area contributed by atoms with Crippen molar-refractivity contribution in [2.45, 2.75) is 0 Å². The standard InChI is InChI=1S/C7H3F2NO2/c8-4-1-3-6(2-5(4)9)10-12-7(3)11/h1-2,10H. The molecule has 62 valence electrons. The minimum atomic E-state index is -1.06. The van der Waals surface area contributed by atoms with E-state index in [1.165, 1.54) is 0 Å². The summed E-state index contributed by atoms with van der Waals surface area (Å²) in [5.74, 6) is -2.08. The highest BCUT2D eigenvalue weighted by Gasteiger charge is 2.08. The molecule has 12 heavy (non-hydrogen) atoms. The highest BCUT2D eigenvalue weighted by Crippen LogP contribution is 2.13. The number of benzene rings is 1. The molecule has 0 amide bonds. The Hall–Kier alpha value is -1.65. The molecule has 0 bridgehead atoms. The molecule has 2 rings (SSSR count). The van der Waals surface area contributed by atoms with Crippen molar-refractivity contribution in [2.75, 3.05) is 0 Å². The van der Waals surface area contributed by atoms with Crippen LogP contribution in [0.4, 0.5) is 8.78 Å². The summed E-state index contributed by atoms with van der Waals surface area (Å²) in [5.41, 5.74) is -0.553. The zero-order chi connectivity index (χ0) is 8.72. The van der Waals surface area contributed by atoms with Gasteiger partial charge in [0, 0.05) is 6.07 Å². The number of hydrogen-bond acceptors (Lipinski definition) is 2. The summed E-state index contributed by atoms with van der Waals surface area (Å²) >= 11 is 0. The lowest BCUT2D eigenvalue weighted by atomic mass is 10.2. The monoisotopic (exact) mass is 171 g/mol. The highest BCUT2D eigenvalue weighted by atomic mass is 19.2. The van der Waals surface area contributed by atoms with Crippen molar-refractivity contribution in [1.82, 2.24) is 5.16 Å². The van der Waals surface area contributed by atoms with E-state index in [0.717, 1.165) is 12.1 Å². The fourth-order valence-corrected chi connectivity index (χ4v) is 0.956. The minimum Gasteiger partial charge on any atom is -0.338 e. The fraction of sp³-hybridized carbons (Fsp3) is 0. The second kappa shape index (κ2) is 2.17. The van der Waals surface area contributed by atoms with E-state index in [-0.39, 0.29) is 10.9 Å². The van der Waals surface area contributed by atoms with Crippen LogP contribution in [0.5, 0.6) is 0 Å². The van der Waals surface area contributed by atoms with Crippen LogP contribution in [0.25, 0.3) is 10.9 Å². The first-order valence-corrected chi connectivity index (χ1v) is 3.15. The minimum absolute atomic E-state index is 0.00824. The Labute approximate surface area is 64.6 Å². The Balaban J connectivity index is 2.97. The van der Waals surface area contributed by atoms with E-state index < -0.39 is 17.3 Å². The van der Waals surface area contributed by atoms with Gasteiger partial charge in [-0.15, -0.1) is 0 Å². The molecule has 0 unspecified atom stereocenters. The van der Waals surface area contributed by atoms with Crippen molar-refractivity contribution >= 4 is 10.9 Å². The maximum Gasteiger partial charge on any atom is 0.365 e. The van der Waals surface area contributed by atoms with Crippen LogP contribution < -0.4 is 5.63 Å². The van der Waals surface area contributed by atoms with Crippen molar-refractivity contribution in [2.24, 2.45) is 0 Å². The van der Waals surface area contributed by atoms with Gasteiger partial charge < -0.3 is 4.52 Å². The SMILES string of the molecule is O=c1o[nH]c2cc(F)c(F)cc12. The number of fused-ring (bicyclic) bond motifs is 1. The molecule has 2 aromatic rings. The van der Waals surface area contributed by atoms with Gasteiger partial charge in [-0.3, -0.25) is 0 Å². The molecule has 1 aromatic carbocycles. The van der Waals surface area contributed by atoms with Crippen LogP contribution in [0, 0.1) is 11.6 Å². The van der Waals surface area contributed by atoms with E-state index in [9.17, 15) is 13.6 Å². The van der Waals surface area contributed by atoms with Crippen LogP contribution >= 0.6 is 0 Å². The van der Waals surface area contributed by atoms with E-state index in [1.807, 2.05) is 0 Å². The lowest BCUT2D eigenvalue weighted by Crippen LogP contribution is -1.92. The highest BCUT2D eigenvalue weighted by molar-refractivity contribution is 5.76. The van der Waals surface area contributed by atoms with E-state index in [4.69, 9.17) is 0 Å². The van der Waals surface area contributed by atoms with Gasteiger partial charge in [0.25, 0.3) is 0 Å². The van der Waals surface area contributed by atoms with Crippen molar-refractivity contribution in [3.05, 3.63) is 34.2 Å². The Morgan fingerprint density at radius 2 is 1.92 bits per heavy atom. The summed E-state index contributed by atoms with van der Waals surface area (Å²) < 4.78 is 29.4. The predicted octanol–water partition coefficient (Wildman–Crippen LogP) is 1.40. The first-order chi connectivity index (χ1) is 5.68. The lowest BCUT2D eigenvalue weighted by Gasteiger charge is -1.89. The third-order valence-electron chi connectivity index (χ3n) is 1.53. The smallest absolute Gasteiger partial charge is 0.338 e. The molecule has 1 aromatic heterocycles. The number of hydrogen-bond donors (Lipinski definition) is 1. The van der Waals surface area contributed by atoms with Crippen molar-refractivity contribution < 1.29 is 13.3 Å². The first-order valence-electron chi connectivity index (χ1n) is 3.15. The Bertz CT molecular complexity index is 486. The number of H-pyrrole nitrogens is 1. The van der Waals surface area contributed by atoms with Gasteiger partial charge in [0.15, 0.2) is 11.6 Å². The first kappa shape index (κ1) is 7.02. The Kier molecular flexibility index (Phi) is 1.27. The number of halogens is 2. The normalized spacial score (nSPS) is 10.8. The molecule has 0 saturated carbocycles.